The van der Waals surface area contributed by atoms with Gasteiger partial charge in [-0.15, -0.1) is 0 Å². The Kier molecular flexibility index (Phi) is 3.15. The van der Waals surface area contributed by atoms with Gasteiger partial charge in [0, 0.05) is 11.5 Å². The minimum Gasteiger partial charge on any atom is -0.334 e. The first kappa shape index (κ1) is 14.6. The number of hydrogen-bond donors (Lipinski definition) is 1. The first-order valence-electron chi connectivity index (χ1n) is 8.26. The zero-order valence-electron chi connectivity index (χ0n) is 13.6. The average molecular weight is 349 g/mol. The van der Waals surface area contributed by atoms with Gasteiger partial charge < -0.3 is 9.51 Å². The summed E-state index contributed by atoms with van der Waals surface area (Å²) in [6, 6.07) is 12.1. The molecule has 5 rings (SSSR count). The Morgan fingerprint density at radius 2 is 2.04 bits per heavy atom. The molecule has 0 saturated heterocycles. The molecule has 1 aliphatic carbocycles. The second kappa shape index (κ2) is 5.39. The molecule has 2 aromatic heterocycles. The van der Waals surface area contributed by atoms with E-state index in [1.807, 2.05) is 30.3 Å². The molecule has 5 nitrogen and oxygen atoms in total. The van der Waals surface area contributed by atoms with E-state index in [0.717, 1.165) is 51.1 Å². The molecule has 2 aromatic carbocycles. The number of benzene rings is 2. The third-order valence-corrected chi connectivity index (χ3v) is 5.53. The molecular weight excluding hydrogens is 334 g/mol. The van der Waals surface area contributed by atoms with Crippen LogP contribution in [-0.4, -0.2) is 15.1 Å². The summed E-state index contributed by atoms with van der Waals surface area (Å²) in [6.07, 6.45) is 2.30. The lowest BCUT2D eigenvalue weighted by atomic mass is 9.96. The van der Waals surface area contributed by atoms with Gasteiger partial charge in [0.1, 0.15) is 0 Å². The SMILES string of the molecule is Cc1c(-c2ccc3[nH]c(=O)sc3c2)cccc1-c1nc(C2CC2)no1. The second-order valence-electron chi connectivity index (χ2n) is 6.44. The van der Waals surface area contributed by atoms with Crippen LogP contribution in [0, 0.1) is 6.92 Å². The van der Waals surface area contributed by atoms with Crippen molar-refractivity contribution in [2.24, 2.45) is 0 Å². The molecule has 1 N–H and O–H groups in total. The highest BCUT2D eigenvalue weighted by molar-refractivity contribution is 7.16. The van der Waals surface area contributed by atoms with Crippen LogP contribution in [0.4, 0.5) is 0 Å². The van der Waals surface area contributed by atoms with E-state index in [-0.39, 0.29) is 4.87 Å². The van der Waals surface area contributed by atoms with Gasteiger partial charge in [-0.1, -0.05) is 34.7 Å². The Labute approximate surface area is 147 Å². The number of rotatable bonds is 3. The molecule has 25 heavy (non-hydrogen) atoms. The molecule has 1 saturated carbocycles. The van der Waals surface area contributed by atoms with Crippen molar-refractivity contribution in [2.75, 3.05) is 0 Å². The summed E-state index contributed by atoms with van der Waals surface area (Å²) in [5, 5.41) is 4.12. The predicted octanol–water partition coefficient (Wildman–Crippen LogP) is 4.49. The highest BCUT2D eigenvalue weighted by Gasteiger charge is 2.29. The van der Waals surface area contributed by atoms with Crippen LogP contribution in [0.5, 0.6) is 0 Å². The maximum absolute atomic E-state index is 11.5. The average Bonchev–Trinajstić information content (AvgIpc) is 3.22. The summed E-state index contributed by atoms with van der Waals surface area (Å²) in [5.41, 5.74) is 5.10. The van der Waals surface area contributed by atoms with E-state index in [0.29, 0.717) is 11.8 Å². The Morgan fingerprint density at radius 3 is 2.88 bits per heavy atom. The maximum Gasteiger partial charge on any atom is 0.305 e. The molecule has 0 spiro atoms. The molecule has 0 aliphatic heterocycles. The molecule has 0 bridgehead atoms. The van der Waals surface area contributed by atoms with Crippen LogP contribution in [0.15, 0.2) is 45.7 Å². The summed E-state index contributed by atoms with van der Waals surface area (Å²) in [7, 11) is 0. The van der Waals surface area contributed by atoms with E-state index in [1.165, 1.54) is 11.3 Å². The van der Waals surface area contributed by atoms with E-state index in [4.69, 9.17) is 4.52 Å². The van der Waals surface area contributed by atoms with Gasteiger partial charge in [0.15, 0.2) is 5.82 Å². The lowest BCUT2D eigenvalue weighted by Gasteiger charge is -2.09. The zero-order valence-corrected chi connectivity index (χ0v) is 14.4. The minimum absolute atomic E-state index is 0.0314. The summed E-state index contributed by atoms with van der Waals surface area (Å²) in [5.74, 6) is 1.87. The van der Waals surface area contributed by atoms with Crippen LogP contribution < -0.4 is 4.87 Å². The van der Waals surface area contributed by atoms with Crippen LogP contribution in [0.25, 0.3) is 32.8 Å². The predicted molar refractivity (Wildman–Crippen MR) is 97.9 cm³/mol. The standard InChI is InChI=1S/C19H15N3O2S/c1-10-13(12-7-8-15-16(9-12)25-19(23)20-15)3-2-4-14(10)18-21-17(22-24-18)11-5-6-11/h2-4,7-9,11H,5-6H2,1H3,(H,20,23). The van der Waals surface area contributed by atoms with Gasteiger partial charge in [-0.3, -0.25) is 4.79 Å². The molecule has 1 aliphatic rings. The number of fused-ring (bicyclic) bond motifs is 1. The van der Waals surface area contributed by atoms with E-state index in [2.05, 4.69) is 28.1 Å². The van der Waals surface area contributed by atoms with Crippen molar-refractivity contribution >= 4 is 21.6 Å². The molecule has 0 amide bonds. The van der Waals surface area contributed by atoms with Crippen LogP contribution in [-0.2, 0) is 0 Å². The topological polar surface area (TPSA) is 71.8 Å². The number of aromatic nitrogens is 3. The third-order valence-electron chi connectivity index (χ3n) is 4.68. The molecule has 4 aromatic rings. The van der Waals surface area contributed by atoms with Crippen molar-refractivity contribution in [3.05, 3.63) is 57.5 Å². The minimum atomic E-state index is -0.0314. The summed E-state index contributed by atoms with van der Waals surface area (Å²) in [4.78, 5) is 18.9. The zero-order chi connectivity index (χ0) is 17.0. The normalized spacial score (nSPS) is 14.3. The van der Waals surface area contributed by atoms with Gasteiger partial charge in [0.2, 0.25) is 0 Å². The van der Waals surface area contributed by atoms with E-state index in [1.54, 1.807) is 0 Å². The lowest BCUT2D eigenvalue weighted by Crippen LogP contribution is -1.90. The van der Waals surface area contributed by atoms with Crippen LogP contribution in [0.2, 0.25) is 0 Å². The molecule has 0 radical (unpaired) electrons. The number of aromatic amines is 1. The van der Waals surface area contributed by atoms with Gasteiger partial charge in [-0.25, -0.2) is 0 Å². The van der Waals surface area contributed by atoms with Gasteiger partial charge in [0.05, 0.1) is 10.2 Å². The second-order valence-corrected chi connectivity index (χ2v) is 7.45. The van der Waals surface area contributed by atoms with E-state index < -0.39 is 0 Å². The van der Waals surface area contributed by atoms with Crippen molar-refractivity contribution < 1.29 is 4.52 Å². The smallest absolute Gasteiger partial charge is 0.305 e. The van der Waals surface area contributed by atoms with Crippen molar-refractivity contribution in [1.29, 1.82) is 0 Å². The molecule has 0 atom stereocenters. The van der Waals surface area contributed by atoms with Gasteiger partial charge in [-0.05, 0) is 54.7 Å². The molecule has 1 fully saturated rings. The molecule has 0 unspecified atom stereocenters. The number of nitrogens with zero attached hydrogens (tertiary/aromatic N) is 2. The Morgan fingerprint density at radius 1 is 1.20 bits per heavy atom. The molecule has 124 valence electrons. The van der Waals surface area contributed by atoms with Crippen molar-refractivity contribution in [2.45, 2.75) is 25.7 Å². The fourth-order valence-electron chi connectivity index (χ4n) is 3.14. The number of H-pyrrole nitrogens is 1. The lowest BCUT2D eigenvalue weighted by molar-refractivity contribution is 0.422. The third kappa shape index (κ3) is 2.49. The first-order chi connectivity index (χ1) is 12.2. The Balaban J connectivity index is 1.61. The summed E-state index contributed by atoms with van der Waals surface area (Å²) < 4.78 is 6.45. The molecular formula is C19H15N3O2S. The van der Waals surface area contributed by atoms with Crippen LogP contribution >= 0.6 is 11.3 Å². The largest absolute Gasteiger partial charge is 0.334 e. The quantitative estimate of drug-likeness (QED) is 0.591. The van der Waals surface area contributed by atoms with Crippen molar-refractivity contribution in [1.82, 2.24) is 15.1 Å². The fourth-order valence-corrected chi connectivity index (χ4v) is 3.92. The van der Waals surface area contributed by atoms with E-state index in [9.17, 15) is 4.79 Å². The van der Waals surface area contributed by atoms with Crippen LogP contribution in [0.3, 0.4) is 0 Å². The van der Waals surface area contributed by atoms with Gasteiger partial charge in [0.25, 0.3) is 5.89 Å². The number of thiazole rings is 1. The maximum atomic E-state index is 11.5. The monoisotopic (exact) mass is 349 g/mol. The summed E-state index contributed by atoms with van der Waals surface area (Å²) >= 11 is 1.23. The van der Waals surface area contributed by atoms with Crippen molar-refractivity contribution in [3.63, 3.8) is 0 Å². The fraction of sp³-hybridized carbons (Fsp3) is 0.211. The number of hydrogen-bond acceptors (Lipinski definition) is 5. The highest BCUT2D eigenvalue weighted by atomic mass is 32.1. The van der Waals surface area contributed by atoms with Gasteiger partial charge >= 0.3 is 4.87 Å². The summed E-state index contributed by atoms with van der Waals surface area (Å²) in [6.45, 7) is 2.06. The highest BCUT2D eigenvalue weighted by Crippen LogP contribution is 2.39. The number of nitrogens with one attached hydrogen (secondary N) is 1. The first-order valence-corrected chi connectivity index (χ1v) is 9.07. The van der Waals surface area contributed by atoms with Gasteiger partial charge in [-0.2, -0.15) is 4.98 Å². The Bertz CT molecular complexity index is 1150. The Hall–Kier alpha value is -2.73. The molecule has 2 heterocycles. The van der Waals surface area contributed by atoms with Crippen LogP contribution in [0.1, 0.15) is 30.1 Å². The molecule has 6 heteroatoms. The van der Waals surface area contributed by atoms with E-state index >= 15 is 0 Å². The van der Waals surface area contributed by atoms with Crippen molar-refractivity contribution in [3.8, 4) is 22.6 Å².